The summed E-state index contributed by atoms with van der Waals surface area (Å²) in [5, 5.41) is 13.5. The van der Waals surface area contributed by atoms with Gasteiger partial charge in [-0.25, -0.2) is 13.4 Å². The monoisotopic (exact) mass is 443 g/mol. The van der Waals surface area contributed by atoms with E-state index in [9.17, 15) is 13.2 Å². The summed E-state index contributed by atoms with van der Waals surface area (Å²) in [6, 6.07) is 0.127. The van der Waals surface area contributed by atoms with E-state index in [1.54, 1.807) is 11.0 Å². The smallest absolute Gasteiger partial charge is 0.290 e. The zero-order valence-corrected chi connectivity index (χ0v) is 17.6. The molecule has 3 aliphatic rings. The molecule has 11 nitrogen and oxygen atoms in total. The predicted octanol–water partition coefficient (Wildman–Crippen LogP) is -0.848. The van der Waals surface area contributed by atoms with Crippen molar-refractivity contribution in [2.45, 2.75) is 49.6 Å². The van der Waals surface area contributed by atoms with Crippen molar-refractivity contribution in [3.05, 3.63) is 12.7 Å². The molecule has 3 saturated heterocycles. The number of hydrogen-bond donors (Lipinski definition) is 2. The summed E-state index contributed by atoms with van der Waals surface area (Å²) in [5.74, 6) is -0.0173. The molecule has 0 aliphatic carbocycles. The minimum Gasteiger partial charge on any atom is -0.483 e. The summed E-state index contributed by atoms with van der Waals surface area (Å²) in [6.07, 6.45) is 6.01. The molecule has 0 radical (unpaired) electrons. The van der Waals surface area contributed by atoms with Gasteiger partial charge in [-0.1, -0.05) is 0 Å². The summed E-state index contributed by atoms with van der Waals surface area (Å²) in [7, 11) is -3.16. The number of carbonyl (C=O) groups excluding carboxylic acids is 1. The van der Waals surface area contributed by atoms with Crippen LogP contribution >= 0.6 is 0 Å². The number of aromatic nitrogens is 3. The molecule has 0 spiro atoms. The van der Waals surface area contributed by atoms with Crippen LogP contribution in [0.5, 0.6) is 0 Å². The zero-order valence-electron chi connectivity index (χ0n) is 16.8. The zero-order chi connectivity index (χ0) is 21.6. The van der Waals surface area contributed by atoms with Gasteiger partial charge in [0.25, 0.3) is 6.47 Å². The molecule has 3 fully saturated rings. The number of nitrogens with zero attached hydrogens (tertiary/aromatic N) is 4. The summed E-state index contributed by atoms with van der Waals surface area (Å²) in [5.41, 5.74) is 0. The van der Waals surface area contributed by atoms with E-state index in [0.717, 1.165) is 32.6 Å². The molecule has 0 bridgehead atoms. The van der Waals surface area contributed by atoms with E-state index in [1.165, 1.54) is 6.33 Å². The number of sulfone groups is 1. The number of nitrogens with one attached hydrogen (secondary N) is 1. The van der Waals surface area contributed by atoms with E-state index in [1.807, 2.05) is 0 Å². The van der Waals surface area contributed by atoms with E-state index in [-0.39, 0.29) is 35.3 Å². The average molecular weight is 444 g/mol. The quantitative estimate of drug-likeness (QED) is 0.537. The maximum atomic E-state index is 12.6. The van der Waals surface area contributed by atoms with Gasteiger partial charge in [0.05, 0.1) is 11.0 Å². The third-order valence-electron chi connectivity index (χ3n) is 6.04. The number of hydrogen-bond acceptors (Lipinski definition) is 8. The van der Waals surface area contributed by atoms with E-state index >= 15 is 0 Å². The maximum Gasteiger partial charge on any atom is 0.290 e. The maximum absolute atomic E-state index is 12.6. The topological polar surface area (TPSA) is 144 Å². The molecule has 0 aromatic carbocycles. The van der Waals surface area contributed by atoms with Crippen LogP contribution in [0.4, 0.5) is 0 Å². The van der Waals surface area contributed by atoms with Crippen molar-refractivity contribution in [1.29, 1.82) is 0 Å². The van der Waals surface area contributed by atoms with E-state index in [2.05, 4.69) is 20.3 Å². The van der Waals surface area contributed by atoms with Crippen LogP contribution in [-0.4, -0.2) is 95.0 Å². The Kier molecular flexibility index (Phi) is 7.78. The fraction of sp³-hybridized carbons (Fsp3) is 0.778. The van der Waals surface area contributed by atoms with E-state index in [0.29, 0.717) is 32.0 Å². The average Bonchev–Trinajstić information content (AvgIpc) is 3.43. The summed E-state index contributed by atoms with van der Waals surface area (Å²) < 4.78 is 32.3. The minimum atomic E-state index is -3.16. The number of amides is 1. The van der Waals surface area contributed by atoms with Crippen LogP contribution in [0.15, 0.2) is 12.7 Å². The molecular weight excluding hydrogens is 414 g/mol. The highest BCUT2D eigenvalue weighted by Gasteiger charge is 2.53. The molecule has 3 atom stereocenters. The third-order valence-corrected chi connectivity index (χ3v) is 8.28. The Morgan fingerprint density at radius 1 is 1.30 bits per heavy atom. The number of carboxylic acid groups (broad SMARTS) is 1. The first-order valence-corrected chi connectivity index (χ1v) is 11.9. The lowest BCUT2D eigenvalue weighted by molar-refractivity contribution is -0.123. The minimum absolute atomic E-state index is 0.00268. The predicted molar refractivity (Wildman–Crippen MR) is 106 cm³/mol. The number of fused-ring (bicyclic) bond motifs is 1. The Bertz CT molecular complexity index is 796. The van der Waals surface area contributed by atoms with Gasteiger partial charge in [-0.2, -0.15) is 5.10 Å². The highest BCUT2D eigenvalue weighted by Crippen LogP contribution is 2.36. The van der Waals surface area contributed by atoms with E-state index in [4.69, 9.17) is 14.6 Å². The van der Waals surface area contributed by atoms with Gasteiger partial charge in [-0.15, -0.1) is 0 Å². The largest absolute Gasteiger partial charge is 0.483 e. The molecule has 1 aromatic rings. The standard InChI is InChI=1S/C17H27N5O4S.CH2O2/c23-17(2-1-5-22-12-18-11-19-22)20-15-10-27(24,25)16-9-21(8-14(15)16)13-3-6-26-7-4-13;2-1-3/h11-16H,1-10H2,(H,20,23);1H,(H,2,3)/t14-,15+,16-;/m0./s1. The second-order valence-electron chi connectivity index (χ2n) is 7.87. The second-order valence-corrected chi connectivity index (χ2v) is 10.1. The van der Waals surface area contributed by atoms with Crippen LogP contribution in [-0.2, 0) is 30.7 Å². The normalized spacial score (nSPS) is 28.3. The number of ether oxygens (including phenoxy) is 1. The lowest BCUT2D eigenvalue weighted by atomic mass is 10.00. The molecule has 4 rings (SSSR count). The fourth-order valence-corrected chi connectivity index (χ4v) is 6.92. The van der Waals surface area contributed by atoms with Crippen LogP contribution in [0.2, 0.25) is 0 Å². The van der Waals surface area contributed by atoms with Gasteiger partial charge in [-0.05, 0) is 19.3 Å². The van der Waals surface area contributed by atoms with Crippen LogP contribution in [0.25, 0.3) is 0 Å². The molecule has 0 unspecified atom stereocenters. The van der Waals surface area contributed by atoms with Gasteiger partial charge in [0, 0.05) is 57.3 Å². The van der Waals surface area contributed by atoms with Crippen molar-refractivity contribution in [1.82, 2.24) is 25.0 Å². The molecule has 0 saturated carbocycles. The Morgan fingerprint density at radius 3 is 2.70 bits per heavy atom. The Labute approximate surface area is 175 Å². The van der Waals surface area contributed by atoms with E-state index < -0.39 is 9.84 Å². The van der Waals surface area contributed by atoms with Gasteiger partial charge < -0.3 is 15.2 Å². The first-order chi connectivity index (χ1) is 14.4. The molecule has 30 heavy (non-hydrogen) atoms. The van der Waals surface area contributed by atoms with Crippen molar-refractivity contribution >= 4 is 22.2 Å². The lowest BCUT2D eigenvalue weighted by Crippen LogP contribution is -2.44. The van der Waals surface area contributed by atoms with Crippen LogP contribution < -0.4 is 5.32 Å². The Hall–Kier alpha value is -2.05. The lowest BCUT2D eigenvalue weighted by Gasteiger charge is -2.32. The van der Waals surface area contributed by atoms with Gasteiger partial charge in [0.15, 0.2) is 9.84 Å². The van der Waals surface area contributed by atoms with Crippen molar-refractivity contribution in [2.24, 2.45) is 5.92 Å². The number of likely N-dealkylation sites (tertiary alicyclic amines) is 1. The molecule has 12 heteroatoms. The first-order valence-electron chi connectivity index (χ1n) is 10.2. The number of aryl methyl sites for hydroxylation is 1. The molecular formula is C18H29N5O6S. The van der Waals surface area contributed by atoms with Gasteiger partial charge in [-0.3, -0.25) is 19.2 Å². The highest BCUT2D eigenvalue weighted by atomic mass is 32.2. The van der Waals surface area contributed by atoms with Crippen LogP contribution in [0.3, 0.4) is 0 Å². The molecule has 1 amide bonds. The Morgan fingerprint density at radius 2 is 2.03 bits per heavy atom. The van der Waals surface area contributed by atoms with Crippen LogP contribution in [0, 0.1) is 5.92 Å². The highest BCUT2D eigenvalue weighted by molar-refractivity contribution is 7.92. The molecule has 1 aromatic heterocycles. The van der Waals surface area contributed by atoms with Gasteiger partial charge in [0.1, 0.15) is 12.7 Å². The molecule has 2 N–H and O–H groups in total. The van der Waals surface area contributed by atoms with Crippen molar-refractivity contribution in [3.8, 4) is 0 Å². The molecule has 168 valence electrons. The number of carbonyl (C=O) groups is 2. The fourth-order valence-electron chi connectivity index (χ4n) is 4.62. The first kappa shape index (κ1) is 22.6. The van der Waals surface area contributed by atoms with Crippen molar-refractivity contribution in [3.63, 3.8) is 0 Å². The summed E-state index contributed by atoms with van der Waals surface area (Å²) >= 11 is 0. The second kappa shape index (κ2) is 10.3. The molecule has 3 aliphatic heterocycles. The van der Waals surface area contributed by atoms with Gasteiger partial charge >= 0.3 is 0 Å². The van der Waals surface area contributed by atoms with Crippen molar-refractivity contribution < 1.29 is 27.9 Å². The number of rotatable bonds is 6. The SMILES string of the molecule is O=C(CCCn1cncn1)N[C@@H]1CS(=O)(=O)[C@H]2CN(C3CCOCC3)C[C@@H]12.O=CO. The summed E-state index contributed by atoms with van der Waals surface area (Å²) in [6.45, 7) is 3.21. The van der Waals surface area contributed by atoms with Crippen molar-refractivity contribution in [2.75, 3.05) is 32.1 Å². The summed E-state index contributed by atoms with van der Waals surface area (Å²) in [4.78, 5) is 26.9. The molecule has 4 heterocycles. The van der Waals surface area contributed by atoms with Gasteiger partial charge in [0.2, 0.25) is 5.91 Å². The Balaban J connectivity index is 0.000000806. The third kappa shape index (κ3) is 5.55. The van der Waals surface area contributed by atoms with Crippen LogP contribution in [0.1, 0.15) is 25.7 Å².